The molecule has 0 aliphatic carbocycles. The Morgan fingerprint density at radius 2 is 1.55 bits per heavy atom. The van der Waals surface area contributed by atoms with Crippen LogP contribution in [0.4, 0.5) is 5.69 Å². The largest absolute Gasteiger partial charge is 0.371 e. The Morgan fingerprint density at radius 1 is 0.879 bits per heavy atom. The molecule has 2 aromatic carbocycles. The predicted octanol–water partition coefficient (Wildman–Crippen LogP) is 5.17. The van der Waals surface area contributed by atoms with Crippen LogP contribution in [-0.2, 0) is 9.84 Å². The minimum Gasteiger partial charge on any atom is -0.371 e. The third kappa shape index (κ3) is 4.00. The van der Waals surface area contributed by atoms with Crippen molar-refractivity contribution in [3.8, 4) is 0 Å². The van der Waals surface area contributed by atoms with Gasteiger partial charge in [-0.25, -0.2) is 8.42 Å². The number of rotatable bonds is 4. The fourth-order valence-electron chi connectivity index (χ4n) is 5.88. The van der Waals surface area contributed by atoms with Gasteiger partial charge in [0.15, 0.2) is 9.84 Å². The molecular formula is C25H34N2O4S2. The average Bonchev–Trinajstić information content (AvgIpc) is 3.06. The molecule has 5 rings (SSSR count). The summed E-state index contributed by atoms with van der Waals surface area (Å²) in [7, 11) is -7.02. The average molecular weight is 491 g/mol. The first kappa shape index (κ1) is 23.2. The first-order chi connectivity index (χ1) is 15.8. The standard InChI is InChI=1S/C25H34N2O4S2/c1-19-25(33(30,31)21-9-4-2-5-10-21)24-22(11-8-12-23(24)32(19,28)29)27-17-13-20(14-18-27)26-15-6-3-7-16-26/h2,4-5,8-12,19-20,25,28-29H,3,6-7,13-18H2,1H3. The van der Waals surface area contributed by atoms with E-state index in [9.17, 15) is 17.5 Å². The van der Waals surface area contributed by atoms with E-state index >= 15 is 0 Å². The third-order valence-electron chi connectivity index (χ3n) is 7.71. The van der Waals surface area contributed by atoms with Gasteiger partial charge < -0.3 is 9.80 Å². The lowest BCUT2D eigenvalue weighted by atomic mass is 9.98. The Balaban J connectivity index is 1.49. The number of hydrogen-bond donors (Lipinski definition) is 2. The molecule has 3 aliphatic rings. The van der Waals surface area contributed by atoms with Crippen molar-refractivity contribution >= 4 is 26.1 Å². The molecule has 2 fully saturated rings. The maximum Gasteiger partial charge on any atom is 0.187 e. The van der Waals surface area contributed by atoms with E-state index in [0.29, 0.717) is 16.5 Å². The molecule has 2 aromatic rings. The normalized spacial score (nSPS) is 27.3. The van der Waals surface area contributed by atoms with E-state index in [2.05, 4.69) is 9.80 Å². The Morgan fingerprint density at radius 3 is 2.21 bits per heavy atom. The highest BCUT2D eigenvalue weighted by Gasteiger charge is 2.51. The van der Waals surface area contributed by atoms with Crippen molar-refractivity contribution in [3.05, 3.63) is 54.1 Å². The first-order valence-electron chi connectivity index (χ1n) is 12.0. The van der Waals surface area contributed by atoms with E-state index in [1.807, 2.05) is 12.1 Å². The number of nitrogens with zero attached hydrogens (tertiary/aromatic N) is 2. The van der Waals surface area contributed by atoms with E-state index in [1.165, 1.54) is 32.4 Å². The predicted molar refractivity (Wildman–Crippen MR) is 134 cm³/mol. The smallest absolute Gasteiger partial charge is 0.187 e. The Labute approximate surface area is 198 Å². The van der Waals surface area contributed by atoms with Crippen molar-refractivity contribution in [2.45, 2.75) is 65.4 Å². The van der Waals surface area contributed by atoms with Crippen molar-refractivity contribution < 1.29 is 17.5 Å². The molecular weight excluding hydrogens is 456 g/mol. The zero-order chi connectivity index (χ0) is 23.2. The highest BCUT2D eigenvalue weighted by atomic mass is 32.3. The van der Waals surface area contributed by atoms with Crippen LogP contribution >= 0.6 is 10.6 Å². The van der Waals surface area contributed by atoms with Gasteiger partial charge in [-0.3, -0.25) is 9.11 Å². The van der Waals surface area contributed by atoms with Gasteiger partial charge >= 0.3 is 0 Å². The number of benzene rings is 2. The van der Waals surface area contributed by atoms with Gasteiger partial charge in [0.25, 0.3) is 0 Å². The second kappa shape index (κ2) is 8.89. The van der Waals surface area contributed by atoms with Crippen LogP contribution in [0.2, 0.25) is 0 Å². The molecule has 0 spiro atoms. The summed E-state index contributed by atoms with van der Waals surface area (Å²) >= 11 is 0. The number of likely N-dealkylation sites (tertiary alicyclic amines) is 1. The second-order valence-electron chi connectivity index (χ2n) is 9.58. The summed E-state index contributed by atoms with van der Waals surface area (Å²) in [5.74, 6) is 0. The van der Waals surface area contributed by atoms with Crippen LogP contribution in [0.15, 0.2) is 58.3 Å². The Kier molecular flexibility index (Phi) is 6.24. The second-order valence-corrected chi connectivity index (χ2v) is 14.0. The van der Waals surface area contributed by atoms with Crippen LogP contribution in [0.3, 0.4) is 0 Å². The van der Waals surface area contributed by atoms with Crippen LogP contribution < -0.4 is 4.90 Å². The molecule has 2 N–H and O–H groups in total. The van der Waals surface area contributed by atoms with Crippen molar-refractivity contribution in [2.75, 3.05) is 31.1 Å². The third-order valence-corrected chi connectivity index (χ3v) is 12.4. The molecule has 8 heteroatoms. The van der Waals surface area contributed by atoms with Crippen molar-refractivity contribution in [3.63, 3.8) is 0 Å². The molecule has 0 radical (unpaired) electrons. The van der Waals surface area contributed by atoms with Gasteiger partial charge in [-0.1, -0.05) is 30.7 Å². The molecule has 0 aromatic heterocycles. The Bertz CT molecular complexity index is 1090. The number of anilines is 1. The molecule has 2 saturated heterocycles. The van der Waals surface area contributed by atoms with E-state index in [-0.39, 0.29) is 4.90 Å². The van der Waals surface area contributed by atoms with Gasteiger partial charge in [-0.05, 0) is 70.0 Å². The van der Waals surface area contributed by atoms with Crippen LogP contribution in [0.25, 0.3) is 0 Å². The molecule has 6 nitrogen and oxygen atoms in total. The summed E-state index contributed by atoms with van der Waals surface area (Å²) in [5, 5.41) is -1.78. The zero-order valence-electron chi connectivity index (χ0n) is 19.1. The molecule has 3 heterocycles. The summed E-state index contributed by atoms with van der Waals surface area (Å²) in [6.07, 6.45) is 5.98. The summed E-state index contributed by atoms with van der Waals surface area (Å²) in [6, 6.07) is 14.5. The molecule has 33 heavy (non-hydrogen) atoms. The lowest BCUT2D eigenvalue weighted by molar-refractivity contribution is 0.141. The molecule has 180 valence electrons. The van der Waals surface area contributed by atoms with Crippen molar-refractivity contribution in [1.29, 1.82) is 0 Å². The van der Waals surface area contributed by atoms with E-state index < -0.39 is 30.9 Å². The number of fused-ring (bicyclic) bond motifs is 1. The lowest BCUT2D eigenvalue weighted by Gasteiger charge is -2.41. The SMILES string of the molecule is CC1C(S(=O)(=O)c2ccccc2)c2c(N3CCC(N4CCCCC4)CC3)cccc2S1(O)O. The van der Waals surface area contributed by atoms with E-state index in [1.54, 1.807) is 43.3 Å². The highest BCUT2D eigenvalue weighted by molar-refractivity contribution is 8.25. The van der Waals surface area contributed by atoms with Crippen LogP contribution in [0.5, 0.6) is 0 Å². The fraction of sp³-hybridized carbons (Fsp3) is 0.520. The maximum atomic E-state index is 13.8. The van der Waals surface area contributed by atoms with Gasteiger partial charge in [0, 0.05) is 30.4 Å². The Hall–Kier alpha value is -1.58. The number of hydrogen-bond acceptors (Lipinski definition) is 6. The summed E-state index contributed by atoms with van der Waals surface area (Å²) in [4.78, 5) is 5.51. The molecule has 2 atom stereocenters. The molecule has 0 amide bonds. The summed E-state index contributed by atoms with van der Waals surface area (Å²) in [5.41, 5.74) is 1.43. The topological polar surface area (TPSA) is 81.1 Å². The number of piperidine rings is 2. The van der Waals surface area contributed by atoms with E-state index in [0.717, 1.165) is 31.6 Å². The molecule has 0 bridgehead atoms. The fourth-order valence-corrected chi connectivity index (χ4v) is 10.5. The molecule has 3 aliphatic heterocycles. The van der Waals surface area contributed by atoms with Crippen LogP contribution in [-0.4, -0.2) is 59.9 Å². The van der Waals surface area contributed by atoms with Gasteiger partial charge in [0.1, 0.15) is 5.25 Å². The number of sulfone groups is 1. The van der Waals surface area contributed by atoms with Crippen molar-refractivity contribution in [1.82, 2.24) is 4.90 Å². The molecule has 0 saturated carbocycles. The minimum absolute atomic E-state index is 0.225. The summed E-state index contributed by atoms with van der Waals surface area (Å²) < 4.78 is 49.7. The van der Waals surface area contributed by atoms with Crippen LogP contribution in [0, 0.1) is 0 Å². The van der Waals surface area contributed by atoms with Gasteiger partial charge in [-0.15, -0.1) is 0 Å². The van der Waals surface area contributed by atoms with E-state index in [4.69, 9.17) is 0 Å². The maximum absolute atomic E-state index is 13.8. The lowest BCUT2D eigenvalue weighted by Crippen LogP contribution is -2.47. The van der Waals surface area contributed by atoms with Crippen LogP contribution in [0.1, 0.15) is 49.8 Å². The van der Waals surface area contributed by atoms with Crippen molar-refractivity contribution in [2.24, 2.45) is 0 Å². The molecule has 2 unspecified atom stereocenters. The zero-order valence-corrected chi connectivity index (χ0v) is 20.8. The quantitative estimate of drug-likeness (QED) is 0.616. The first-order valence-corrected chi connectivity index (χ1v) is 15.2. The van der Waals surface area contributed by atoms with Gasteiger partial charge in [0.05, 0.1) is 15.0 Å². The monoisotopic (exact) mass is 490 g/mol. The minimum atomic E-state index is -3.80. The summed E-state index contributed by atoms with van der Waals surface area (Å²) in [6.45, 7) is 5.72. The highest BCUT2D eigenvalue weighted by Crippen LogP contribution is 2.67. The van der Waals surface area contributed by atoms with Gasteiger partial charge in [0.2, 0.25) is 0 Å². The van der Waals surface area contributed by atoms with Gasteiger partial charge in [-0.2, -0.15) is 10.6 Å².